The molecule has 0 unspecified atom stereocenters. The van der Waals surface area contributed by atoms with Gasteiger partial charge in [-0.2, -0.15) is 10.2 Å². The smallest absolute Gasteiger partial charge is 0.336 e. The molecule has 0 atom stereocenters. The second kappa shape index (κ2) is 8.87. The summed E-state index contributed by atoms with van der Waals surface area (Å²) in [5, 5.41) is 9.13. The van der Waals surface area contributed by atoms with Crippen molar-refractivity contribution < 1.29 is 18.3 Å². The molecule has 0 N–H and O–H groups in total. The quantitative estimate of drug-likeness (QED) is 0.337. The van der Waals surface area contributed by atoms with E-state index in [0.717, 1.165) is 5.39 Å². The van der Waals surface area contributed by atoms with Crippen LogP contribution in [-0.2, 0) is 4.74 Å². The van der Waals surface area contributed by atoms with E-state index >= 15 is 0 Å². The van der Waals surface area contributed by atoms with Gasteiger partial charge in [0.25, 0.3) is 0 Å². The first-order valence-electron chi connectivity index (χ1n) is 8.07. The van der Waals surface area contributed by atoms with Crippen LogP contribution >= 0.6 is 0 Å². The highest BCUT2D eigenvalue weighted by Gasteiger charge is 1.99. The van der Waals surface area contributed by atoms with Crippen molar-refractivity contribution in [1.82, 2.24) is 0 Å². The number of azo groups is 1. The Morgan fingerprint density at radius 1 is 0.885 bits per heavy atom. The molecule has 0 saturated carbocycles. The van der Waals surface area contributed by atoms with Gasteiger partial charge in [-0.25, -0.2) is 9.18 Å². The molecule has 0 spiro atoms. The van der Waals surface area contributed by atoms with E-state index in [9.17, 15) is 9.18 Å². The molecule has 26 heavy (non-hydrogen) atoms. The number of halogens is 1. The molecule has 0 bridgehead atoms. The number of hydrogen-bond acceptors (Lipinski definition) is 6. The fraction of sp³-hybridized carbons (Fsp3) is 0.211. The van der Waals surface area contributed by atoms with Gasteiger partial charge in [0.1, 0.15) is 24.6 Å². The average Bonchev–Trinajstić information content (AvgIpc) is 2.67. The molecule has 0 aliphatic heterocycles. The molecule has 0 aliphatic rings. The summed E-state index contributed by atoms with van der Waals surface area (Å²) in [6.45, 7) is 0.288. The number of nitrogens with zero attached hydrogens (tertiary/aromatic N) is 2. The van der Waals surface area contributed by atoms with Gasteiger partial charge in [0.05, 0.1) is 24.6 Å². The highest BCUT2D eigenvalue weighted by molar-refractivity contribution is 5.79. The molecule has 0 fully saturated rings. The molecule has 134 valence electrons. The van der Waals surface area contributed by atoms with Gasteiger partial charge in [0.15, 0.2) is 0 Å². The van der Waals surface area contributed by atoms with Crippen LogP contribution in [0.2, 0.25) is 0 Å². The first kappa shape index (κ1) is 17.8. The van der Waals surface area contributed by atoms with Crippen LogP contribution in [-0.4, -0.2) is 26.5 Å². The van der Waals surface area contributed by atoms with Crippen molar-refractivity contribution in [1.29, 1.82) is 0 Å². The zero-order valence-corrected chi connectivity index (χ0v) is 13.9. The van der Waals surface area contributed by atoms with Crippen molar-refractivity contribution in [2.45, 2.75) is 0 Å². The van der Waals surface area contributed by atoms with Gasteiger partial charge >= 0.3 is 5.63 Å². The lowest BCUT2D eigenvalue weighted by molar-refractivity contribution is 0.0897. The molecule has 6 nitrogen and oxygen atoms in total. The van der Waals surface area contributed by atoms with E-state index in [2.05, 4.69) is 10.2 Å². The van der Waals surface area contributed by atoms with E-state index in [0.29, 0.717) is 35.9 Å². The van der Waals surface area contributed by atoms with Crippen LogP contribution in [0.4, 0.5) is 15.8 Å². The standard InChI is InChI=1S/C19H17FN2O4/c20-9-10-24-11-12-25-17-5-2-15(3-6-17)21-22-16-4-7-18-14(13-16)1-8-19(23)26-18/h1-8,13H,9-12H2. The highest BCUT2D eigenvalue weighted by atomic mass is 19.1. The lowest BCUT2D eigenvalue weighted by atomic mass is 10.2. The summed E-state index contributed by atoms with van der Waals surface area (Å²) in [6, 6.07) is 15.4. The summed E-state index contributed by atoms with van der Waals surface area (Å²) >= 11 is 0. The van der Waals surface area contributed by atoms with E-state index in [-0.39, 0.29) is 12.2 Å². The molecular formula is C19H17FN2O4. The Kier molecular flexibility index (Phi) is 6.05. The fourth-order valence-corrected chi connectivity index (χ4v) is 2.22. The monoisotopic (exact) mass is 356 g/mol. The van der Waals surface area contributed by atoms with Crippen LogP contribution in [0.5, 0.6) is 5.75 Å². The largest absolute Gasteiger partial charge is 0.491 e. The molecule has 3 rings (SSSR count). The maximum Gasteiger partial charge on any atom is 0.336 e. The van der Waals surface area contributed by atoms with Crippen molar-refractivity contribution >= 4 is 22.3 Å². The minimum atomic E-state index is -0.495. The van der Waals surface area contributed by atoms with E-state index in [1.165, 1.54) is 6.07 Å². The second-order valence-electron chi connectivity index (χ2n) is 5.32. The first-order valence-corrected chi connectivity index (χ1v) is 8.07. The second-order valence-corrected chi connectivity index (χ2v) is 5.32. The lowest BCUT2D eigenvalue weighted by Crippen LogP contribution is -2.07. The van der Waals surface area contributed by atoms with Gasteiger partial charge in [0.2, 0.25) is 0 Å². The van der Waals surface area contributed by atoms with E-state index < -0.39 is 6.67 Å². The molecule has 2 aromatic carbocycles. The number of benzene rings is 2. The van der Waals surface area contributed by atoms with Crippen molar-refractivity contribution in [3.05, 3.63) is 65.0 Å². The molecule has 1 aromatic heterocycles. The minimum absolute atomic E-state index is 0.0869. The van der Waals surface area contributed by atoms with Crippen LogP contribution in [0.1, 0.15) is 0 Å². The van der Waals surface area contributed by atoms with Gasteiger partial charge in [-0.05, 0) is 48.5 Å². The molecule has 0 amide bonds. The first-order chi connectivity index (χ1) is 12.7. The van der Waals surface area contributed by atoms with Crippen LogP contribution in [0, 0.1) is 0 Å². The Labute approximate surface area is 148 Å². The van der Waals surface area contributed by atoms with Gasteiger partial charge < -0.3 is 13.9 Å². The summed E-state index contributed by atoms with van der Waals surface area (Å²) in [5.41, 5.74) is 1.44. The maximum absolute atomic E-state index is 11.9. The van der Waals surface area contributed by atoms with Crippen molar-refractivity contribution in [3.8, 4) is 5.75 Å². The Morgan fingerprint density at radius 2 is 1.65 bits per heavy atom. The summed E-state index contributed by atoms with van der Waals surface area (Å²) in [4.78, 5) is 11.2. The maximum atomic E-state index is 11.9. The Hall–Kier alpha value is -3.06. The fourth-order valence-electron chi connectivity index (χ4n) is 2.22. The number of hydrogen-bond donors (Lipinski definition) is 0. The van der Waals surface area contributed by atoms with E-state index in [4.69, 9.17) is 13.9 Å². The SMILES string of the molecule is O=c1ccc2cc(N=Nc3ccc(OCCOCCF)cc3)ccc2o1. The van der Waals surface area contributed by atoms with Crippen molar-refractivity contribution in [2.75, 3.05) is 26.5 Å². The van der Waals surface area contributed by atoms with Crippen molar-refractivity contribution in [2.24, 2.45) is 10.2 Å². The Bertz CT molecular complexity index is 938. The van der Waals surface area contributed by atoms with Crippen LogP contribution in [0.15, 0.2) is 74.0 Å². The average molecular weight is 356 g/mol. The molecule has 3 aromatic rings. The molecule has 7 heteroatoms. The summed E-state index contributed by atoms with van der Waals surface area (Å²) in [5.74, 6) is 0.675. The molecular weight excluding hydrogens is 339 g/mol. The Balaban J connectivity index is 1.59. The highest BCUT2D eigenvalue weighted by Crippen LogP contribution is 2.24. The van der Waals surface area contributed by atoms with Gasteiger partial charge in [0, 0.05) is 11.5 Å². The summed E-state index contributed by atoms with van der Waals surface area (Å²) in [6.07, 6.45) is 0. The minimum Gasteiger partial charge on any atom is -0.491 e. The molecule has 1 heterocycles. The zero-order valence-electron chi connectivity index (χ0n) is 13.9. The molecule has 0 saturated heterocycles. The zero-order chi connectivity index (χ0) is 18.2. The Morgan fingerprint density at radius 3 is 2.46 bits per heavy atom. The summed E-state index contributed by atoms with van der Waals surface area (Å²) in [7, 11) is 0. The van der Waals surface area contributed by atoms with Gasteiger partial charge in [-0.3, -0.25) is 0 Å². The third kappa shape index (κ3) is 4.97. The number of fused-ring (bicyclic) bond motifs is 1. The summed E-state index contributed by atoms with van der Waals surface area (Å²) < 4.78 is 27.4. The topological polar surface area (TPSA) is 73.4 Å². The third-order valence-corrected chi connectivity index (χ3v) is 3.44. The van der Waals surface area contributed by atoms with E-state index in [1.54, 1.807) is 48.5 Å². The van der Waals surface area contributed by atoms with Crippen LogP contribution in [0.25, 0.3) is 11.0 Å². The predicted octanol–water partition coefficient (Wildman–Crippen LogP) is 4.57. The number of rotatable bonds is 8. The number of ether oxygens (including phenoxy) is 2. The van der Waals surface area contributed by atoms with Gasteiger partial charge in [-0.1, -0.05) is 0 Å². The third-order valence-electron chi connectivity index (χ3n) is 3.44. The van der Waals surface area contributed by atoms with Crippen molar-refractivity contribution in [3.63, 3.8) is 0 Å². The van der Waals surface area contributed by atoms with Crippen LogP contribution in [0.3, 0.4) is 0 Å². The normalized spacial score (nSPS) is 11.3. The molecule has 0 aliphatic carbocycles. The van der Waals surface area contributed by atoms with E-state index in [1.807, 2.05) is 0 Å². The predicted molar refractivity (Wildman–Crippen MR) is 95.4 cm³/mol. The van der Waals surface area contributed by atoms with Gasteiger partial charge in [-0.15, -0.1) is 0 Å². The molecule has 0 radical (unpaired) electrons. The number of alkyl halides is 1. The van der Waals surface area contributed by atoms with Crippen LogP contribution < -0.4 is 10.4 Å². The lowest BCUT2D eigenvalue weighted by Gasteiger charge is -2.06.